The lowest BCUT2D eigenvalue weighted by Gasteiger charge is -2.30. The van der Waals surface area contributed by atoms with Crippen LogP contribution in [0.5, 0.6) is 0 Å². The summed E-state index contributed by atoms with van der Waals surface area (Å²) in [6.07, 6.45) is -6.08. The molecule has 0 unspecified atom stereocenters. The summed E-state index contributed by atoms with van der Waals surface area (Å²) in [5.41, 5.74) is 1.46. The molecule has 1 aromatic rings. The van der Waals surface area contributed by atoms with Crippen LogP contribution in [-0.4, -0.2) is 90.7 Å². The number of hydrogen-bond donors (Lipinski definition) is 2. The van der Waals surface area contributed by atoms with E-state index in [-0.39, 0.29) is 5.82 Å². The van der Waals surface area contributed by atoms with Crippen LogP contribution >= 0.6 is 0 Å². The van der Waals surface area contributed by atoms with Gasteiger partial charge in [-0.15, -0.1) is 0 Å². The van der Waals surface area contributed by atoms with Crippen LogP contribution in [0, 0.1) is 23.1 Å². The molecule has 0 bridgehead atoms. The first-order chi connectivity index (χ1) is 17.6. The minimum atomic E-state index is -5.08. The molecule has 2 heterocycles. The van der Waals surface area contributed by atoms with E-state index in [0.29, 0.717) is 11.3 Å². The molecule has 4 rings (SSSR count). The van der Waals surface area contributed by atoms with Gasteiger partial charge in [0.15, 0.2) is 0 Å². The number of hydrogen-bond acceptors (Lipinski definition) is 5. The van der Waals surface area contributed by atoms with Gasteiger partial charge in [-0.2, -0.15) is 26.3 Å². The molecule has 1 saturated carbocycles. The molecular formula is C24H31F7N2O5. The molecule has 2 atom stereocenters. The van der Waals surface area contributed by atoms with Crippen molar-refractivity contribution in [3.63, 3.8) is 0 Å². The third-order valence-corrected chi connectivity index (χ3v) is 6.71. The van der Waals surface area contributed by atoms with Crippen LogP contribution in [0.15, 0.2) is 24.3 Å². The van der Waals surface area contributed by atoms with Gasteiger partial charge in [0.05, 0.1) is 6.61 Å². The van der Waals surface area contributed by atoms with Crippen LogP contribution in [0.1, 0.15) is 24.8 Å². The van der Waals surface area contributed by atoms with Gasteiger partial charge < -0.3 is 19.8 Å². The second kappa shape index (κ2) is 13.1. The van der Waals surface area contributed by atoms with Crippen molar-refractivity contribution in [2.24, 2.45) is 17.3 Å². The van der Waals surface area contributed by atoms with E-state index in [1.54, 1.807) is 6.07 Å². The number of carboxylic acids is 2. The van der Waals surface area contributed by atoms with Gasteiger partial charge in [-0.25, -0.2) is 14.0 Å². The van der Waals surface area contributed by atoms with E-state index in [0.717, 1.165) is 37.7 Å². The highest BCUT2D eigenvalue weighted by molar-refractivity contribution is 5.73. The zero-order chi connectivity index (χ0) is 28.7. The number of nitrogens with zero attached hydrogens (tertiary/aromatic N) is 2. The van der Waals surface area contributed by atoms with E-state index in [4.69, 9.17) is 24.5 Å². The van der Waals surface area contributed by atoms with E-state index >= 15 is 0 Å². The smallest absolute Gasteiger partial charge is 0.475 e. The molecule has 2 saturated heterocycles. The number of halogens is 7. The van der Waals surface area contributed by atoms with Crippen LogP contribution in [0.4, 0.5) is 30.7 Å². The van der Waals surface area contributed by atoms with E-state index in [9.17, 15) is 30.7 Å². The fourth-order valence-electron chi connectivity index (χ4n) is 4.85. The quantitative estimate of drug-likeness (QED) is 0.503. The van der Waals surface area contributed by atoms with Crippen LogP contribution in [0.25, 0.3) is 0 Å². The summed E-state index contributed by atoms with van der Waals surface area (Å²) in [6, 6.07) is 7.05. The first-order valence-corrected chi connectivity index (χ1v) is 11.8. The minimum absolute atomic E-state index is 0.129. The van der Waals surface area contributed by atoms with Crippen molar-refractivity contribution < 1.29 is 55.3 Å². The maximum Gasteiger partial charge on any atom is 0.490 e. The Kier molecular flexibility index (Phi) is 10.9. The minimum Gasteiger partial charge on any atom is -0.475 e. The van der Waals surface area contributed by atoms with Gasteiger partial charge >= 0.3 is 24.3 Å². The zero-order valence-electron chi connectivity index (χ0n) is 20.7. The SMILES string of the molecule is COC[C@@H]1CN(CC2CC2)C[C@@]12CCN(Cc1cccc(F)c1)C2.O=C(O)C(F)(F)F.O=C(O)C(F)(F)F. The number of likely N-dealkylation sites (tertiary alicyclic amines) is 2. The van der Waals surface area contributed by atoms with E-state index in [1.165, 1.54) is 45.0 Å². The largest absolute Gasteiger partial charge is 0.490 e. The lowest BCUT2D eigenvalue weighted by atomic mass is 9.77. The monoisotopic (exact) mass is 560 g/mol. The second-order valence-electron chi connectivity index (χ2n) is 9.85. The highest BCUT2D eigenvalue weighted by Gasteiger charge is 2.50. The van der Waals surface area contributed by atoms with Gasteiger partial charge in [0.1, 0.15) is 5.82 Å². The van der Waals surface area contributed by atoms with Crippen LogP contribution in [0.2, 0.25) is 0 Å². The van der Waals surface area contributed by atoms with Crippen molar-refractivity contribution in [3.05, 3.63) is 35.6 Å². The fraction of sp³-hybridized carbons (Fsp3) is 0.667. The molecule has 0 radical (unpaired) electrons. The number of aliphatic carboxylic acids is 2. The number of benzene rings is 1. The summed E-state index contributed by atoms with van der Waals surface area (Å²) in [4.78, 5) is 23.0. The molecule has 216 valence electrons. The van der Waals surface area contributed by atoms with Crippen LogP contribution < -0.4 is 0 Å². The highest BCUT2D eigenvalue weighted by atomic mass is 19.4. The first kappa shape index (κ1) is 31.8. The maximum atomic E-state index is 13.4. The van der Waals surface area contributed by atoms with Crippen molar-refractivity contribution in [3.8, 4) is 0 Å². The third-order valence-electron chi connectivity index (χ3n) is 6.71. The van der Waals surface area contributed by atoms with E-state index in [2.05, 4.69) is 9.80 Å². The number of ether oxygens (including phenoxy) is 1. The van der Waals surface area contributed by atoms with Gasteiger partial charge in [-0.3, -0.25) is 4.90 Å². The number of carbonyl (C=O) groups is 2. The summed E-state index contributed by atoms with van der Waals surface area (Å²) < 4.78 is 82.5. The summed E-state index contributed by atoms with van der Waals surface area (Å²) in [5, 5.41) is 14.2. The van der Waals surface area contributed by atoms with Crippen molar-refractivity contribution >= 4 is 11.9 Å². The molecule has 38 heavy (non-hydrogen) atoms. The molecule has 2 aliphatic heterocycles. The summed E-state index contributed by atoms with van der Waals surface area (Å²) in [6.45, 7) is 7.67. The van der Waals surface area contributed by atoms with E-state index in [1.807, 2.05) is 19.2 Å². The van der Waals surface area contributed by atoms with Crippen molar-refractivity contribution in [1.82, 2.24) is 9.80 Å². The summed E-state index contributed by atoms with van der Waals surface area (Å²) in [5.74, 6) is -4.05. The standard InChI is InChI=1S/C20H29FN2O.2C2HF3O2/c1-24-13-18-12-23(10-16-5-6-16)15-20(18)7-8-22(14-20)11-17-3-2-4-19(21)9-17;2*3-2(4,5)1(6)7/h2-4,9,16,18H,5-8,10-15H2,1H3;2*(H,6,7)/t18-,20-;;/m0../s1. The predicted octanol–water partition coefficient (Wildman–Crippen LogP) is 4.27. The van der Waals surface area contributed by atoms with Crippen LogP contribution in [-0.2, 0) is 20.9 Å². The Hall–Kier alpha value is -2.45. The molecular weight excluding hydrogens is 529 g/mol. The van der Waals surface area contributed by atoms with Gasteiger partial charge in [0, 0.05) is 51.2 Å². The lowest BCUT2D eigenvalue weighted by molar-refractivity contribution is -0.193. The highest BCUT2D eigenvalue weighted by Crippen LogP contribution is 2.45. The number of rotatable bonds is 6. The Labute approximate surface area is 215 Å². The second-order valence-corrected chi connectivity index (χ2v) is 9.85. The third kappa shape index (κ3) is 10.0. The van der Waals surface area contributed by atoms with Crippen molar-refractivity contribution in [1.29, 1.82) is 0 Å². The zero-order valence-corrected chi connectivity index (χ0v) is 20.7. The van der Waals surface area contributed by atoms with Crippen molar-refractivity contribution in [2.45, 2.75) is 38.2 Å². The fourth-order valence-corrected chi connectivity index (χ4v) is 4.85. The molecule has 1 aromatic carbocycles. The number of alkyl halides is 6. The lowest BCUT2D eigenvalue weighted by Crippen LogP contribution is -2.36. The topological polar surface area (TPSA) is 90.3 Å². The molecule has 3 aliphatic rings. The average molecular weight is 561 g/mol. The first-order valence-electron chi connectivity index (χ1n) is 11.8. The Morgan fingerprint density at radius 3 is 2.05 bits per heavy atom. The molecule has 1 aliphatic carbocycles. The number of carboxylic acid groups (broad SMARTS) is 2. The average Bonchev–Trinajstić information content (AvgIpc) is 3.42. The molecule has 14 heteroatoms. The molecule has 3 fully saturated rings. The van der Waals surface area contributed by atoms with Crippen molar-refractivity contribution in [2.75, 3.05) is 46.4 Å². The molecule has 2 N–H and O–H groups in total. The molecule has 1 spiro atoms. The molecule has 7 nitrogen and oxygen atoms in total. The van der Waals surface area contributed by atoms with Gasteiger partial charge in [0.2, 0.25) is 0 Å². The Bertz CT molecular complexity index is 915. The Morgan fingerprint density at radius 1 is 1.03 bits per heavy atom. The molecule has 0 amide bonds. The van der Waals surface area contributed by atoms with Gasteiger partial charge in [0.25, 0.3) is 0 Å². The van der Waals surface area contributed by atoms with Crippen LogP contribution in [0.3, 0.4) is 0 Å². The normalized spacial score (nSPS) is 23.9. The Morgan fingerprint density at radius 2 is 1.58 bits per heavy atom. The van der Waals surface area contributed by atoms with Gasteiger partial charge in [-0.1, -0.05) is 12.1 Å². The number of methoxy groups -OCH3 is 1. The summed E-state index contributed by atoms with van der Waals surface area (Å²) in [7, 11) is 1.83. The predicted molar refractivity (Wildman–Crippen MR) is 121 cm³/mol. The van der Waals surface area contributed by atoms with Gasteiger partial charge in [-0.05, 0) is 49.4 Å². The maximum absolute atomic E-state index is 13.4. The van der Waals surface area contributed by atoms with E-state index < -0.39 is 24.3 Å². The summed E-state index contributed by atoms with van der Waals surface area (Å²) >= 11 is 0. The Balaban J connectivity index is 0.000000301. The molecule has 0 aromatic heterocycles.